The summed E-state index contributed by atoms with van der Waals surface area (Å²) in [5.41, 5.74) is 14.1. The first-order chi connectivity index (χ1) is 9.75. The molecule has 0 saturated carbocycles. The van der Waals surface area contributed by atoms with E-state index in [2.05, 4.69) is 25.4 Å². The molecular weight excluding hydrogens is 254 g/mol. The van der Waals surface area contributed by atoms with Gasteiger partial charge in [0.05, 0.1) is 23.8 Å². The third-order valence-electron chi connectivity index (χ3n) is 2.24. The third kappa shape index (κ3) is 3.98. The molecule has 20 heavy (non-hydrogen) atoms. The molecule has 0 atom stereocenters. The molecule has 3 rings (SSSR count). The van der Waals surface area contributed by atoms with Gasteiger partial charge in [-0.3, -0.25) is 9.97 Å². The monoisotopic (exact) mass is 267 g/mol. The van der Waals surface area contributed by atoms with Gasteiger partial charge in [-0.15, -0.1) is 10.2 Å². The van der Waals surface area contributed by atoms with Crippen molar-refractivity contribution in [2.75, 3.05) is 11.5 Å². The molecule has 0 radical (unpaired) electrons. The normalized spacial score (nSPS) is 9.40. The Hall–Kier alpha value is -3.09. The number of nitrogen functional groups attached to an aromatic ring is 2. The number of hydrogen-bond donors (Lipinski definition) is 2. The van der Waals surface area contributed by atoms with Crippen LogP contribution in [0.5, 0.6) is 0 Å². The predicted octanol–water partition coefficient (Wildman–Crippen LogP) is 1.18. The van der Waals surface area contributed by atoms with Crippen LogP contribution < -0.4 is 11.5 Å². The quantitative estimate of drug-likeness (QED) is 0.679. The lowest BCUT2D eigenvalue weighted by atomic mass is 10.2. The van der Waals surface area contributed by atoms with Crippen molar-refractivity contribution in [3.63, 3.8) is 0 Å². The zero-order valence-electron chi connectivity index (χ0n) is 10.6. The maximum Gasteiger partial charge on any atom is 0.0907 e. The molecule has 0 bridgehead atoms. The van der Waals surface area contributed by atoms with Crippen LogP contribution in [0.25, 0.3) is 11.4 Å². The highest BCUT2D eigenvalue weighted by Gasteiger charge is 2.00. The lowest BCUT2D eigenvalue weighted by molar-refractivity contribution is 0.865. The van der Waals surface area contributed by atoms with E-state index in [0.717, 1.165) is 11.4 Å². The number of aromatic nitrogens is 5. The van der Waals surface area contributed by atoms with E-state index in [1.807, 2.05) is 0 Å². The van der Waals surface area contributed by atoms with Crippen LogP contribution in [0.1, 0.15) is 0 Å². The summed E-state index contributed by atoms with van der Waals surface area (Å²) < 4.78 is 0. The summed E-state index contributed by atoms with van der Waals surface area (Å²) in [7, 11) is 0. The molecule has 0 fully saturated rings. The molecule has 0 aliphatic carbocycles. The van der Waals surface area contributed by atoms with E-state index in [1.54, 1.807) is 55.1 Å². The molecular formula is C13H13N7. The van der Waals surface area contributed by atoms with Gasteiger partial charge in [-0.25, -0.2) is 0 Å². The summed E-state index contributed by atoms with van der Waals surface area (Å²) in [6.07, 6.45) is 6.45. The minimum Gasteiger partial charge on any atom is -0.399 e. The van der Waals surface area contributed by atoms with Crippen molar-refractivity contribution in [2.24, 2.45) is 0 Å². The molecule has 0 spiro atoms. The van der Waals surface area contributed by atoms with E-state index in [4.69, 9.17) is 11.5 Å². The maximum absolute atomic E-state index is 5.63. The Bertz CT molecular complexity index is 587. The van der Waals surface area contributed by atoms with Crippen molar-refractivity contribution >= 4 is 11.4 Å². The van der Waals surface area contributed by atoms with Gasteiger partial charge >= 0.3 is 0 Å². The molecule has 0 saturated heterocycles. The molecule has 7 nitrogen and oxygen atoms in total. The van der Waals surface area contributed by atoms with Crippen molar-refractivity contribution in [2.45, 2.75) is 0 Å². The van der Waals surface area contributed by atoms with Crippen LogP contribution in [0.4, 0.5) is 11.4 Å². The van der Waals surface area contributed by atoms with Crippen molar-refractivity contribution in [3.05, 3.63) is 55.1 Å². The van der Waals surface area contributed by atoms with Crippen molar-refractivity contribution in [1.29, 1.82) is 0 Å². The smallest absolute Gasteiger partial charge is 0.0907 e. The summed E-state index contributed by atoms with van der Waals surface area (Å²) >= 11 is 0. The second-order valence-electron chi connectivity index (χ2n) is 3.76. The second-order valence-corrected chi connectivity index (χ2v) is 3.76. The van der Waals surface area contributed by atoms with Gasteiger partial charge in [0.15, 0.2) is 0 Å². The second kappa shape index (κ2) is 6.74. The minimum absolute atomic E-state index is 0.666. The maximum atomic E-state index is 5.63. The highest BCUT2D eigenvalue weighted by Crippen LogP contribution is 2.17. The highest BCUT2D eigenvalue weighted by atomic mass is 15.3. The van der Waals surface area contributed by atoms with E-state index in [0.29, 0.717) is 11.4 Å². The fourth-order valence-electron chi connectivity index (χ4n) is 1.38. The molecule has 3 aromatic rings. The average molecular weight is 267 g/mol. The van der Waals surface area contributed by atoms with E-state index >= 15 is 0 Å². The van der Waals surface area contributed by atoms with Gasteiger partial charge in [-0.1, -0.05) is 0 Å². The van der Waals surface area contributed by atoms with Crippen LogP contribution in [0.3, 0.4) is 0 Å². The Kier molecular flexibility index (Phi) is 4.50. The summed E-state index contributed by atoms with van der Waals surface area (Å²) in [5, 5.41) is 10.1. The lowest BCUT2D eigenvalue weighted by Crippen LogP contribution is -1.92. The number of nitrogens with two attached hydrogens (primary N) is 2. The number of pyridine rings is 2. The van der Waals surface area contributed by atoms with Gasteiger partial charge in [0.1, 0.15) is 0 Å². The van der Waals surface area contributed by atoms with Crippen molar-refractivity contribution in [3.8, 4) is 11.4 Å². The van der Waals surface area contributed by atoms with Crippen LogP contribution in [-0.2, 0) is 0 Å². The number of nitrogens with zero attached hydrogens (tertiary/aromatic N) is 5. The molecule has 3 aromatic heterocycles. The Labute approximate surface area is 115 Å². The number of hydrogen-bond acceptors (Lipinski definition) is 7. The highest BCUT2D eigenvalue weighted by molar-refractivity contribution is 5.62. The molecule has 0 aliphatic rings. The molecule has 100 valence electrons. The number of anilines is 2. The van der Waals surface area contributed by atoms with Gasteiger partial charge in [0, 0.05) is 23.8 Å². The van der Waals surface area contributed by atoms with E-state index in [1.165, 1.54) is 0 Å². The van der Waals surface area contributed by atoms with Crippen molar-refractivity contribution < 1.29 is 0 Å². The molecule has 4 N–H and O–H groups in total. The topological polar surface area (TPSA) is 116 Å². The standard InChI is InChI=1S/C10H10N4.C3H3N3/c11-7-1-3-13-9(5-7)10-6-8(12)2-4-14-10;1-2-4-6-5-3-1/h1-6H,(H2,11,13)(H2,12,14);1-3H. The Morgan fingerprint density at radius 1 is 0.700 bits per heavy atom. The predicted molar refractivity (Wildman–Crippen MR) is 76.1 cm³/mol. The van der Waals surface area contributed by atoms with Crippen LogP contribution in [-0.4, -0.2) is 25.4 Å². The van der Waals surface area contributed by atoms with Gasteiger partial charge < -0.3 is 11.5 Å². The first-order valence-corrected chi connectivity index (χ1v) is 5.77. The van der Waals surface area contributed by atoms with Gasteiger partial charge in [0.2, 0.25) is 0 Å². The lowest BCUT2D eigenvalue weighted by Gasteiger charge is -2.01. The first kappa shape index (κ1) is 13.3. The zero-order chi connectivity index (χ0) is 14.2. The zero-order valence-corrected chi connectivity index (χ0v) is 10.6. The van der Waals surface area contributed by atoms with Crippen LogP contribution >= 0.6 is 0 Å². The van der Waals surface area contributed by atoms with Gasteiger partial charge in [-0.2, -0.15) is 0 Å². The fraction of sp³-hybridized carbons (Fsp3) is 0. The van der Waals surface area contributed by atoms with Gasteiger partial charge in [-0.05, 0) is 35.5 Å². The summed E-state index contributed by atoms with van der Waals surface area (Å²) in [4.78, 5) is 8.31. The van der Waals surface area contributed by atoms with E-state index in [9.17, 15) is 0 Å². The molecule has 0 aromatic carbocycles. The Balaban J connectivity index is 0.000000205. The first-order valence-electron chi connectivity index (χ1n) is 5.77. The summed E-state index contributed by atoms with van der Waals surface area (Å²) in [5.74, 6) is 0. The SMILES string of the molecule is Nc1ccnc(-c2cc(N)ccn2)c1.c1cnnnc1. The minimum atomic E-state index is 0.666. The molecule has 0 aliphatic heterocycles. The Morgan fingerprint density at radius 3 is 1.50 bits per heavy atom. The Morgan fingerprint density at radius 2 is 1.20 bits per heavy atom. The number of rotatable bonds is 1. The van der Waals surface area contributed by atoms with E-state index in [-0.39, 0.29) is 0 Å². The summed E-state index contributed by atoms with van der Waals surface area (Å²) in [6, 6.07) is 8.71. The largest absolute Gasteiger partial charge is 0.399 e. The van der Waals surface area contributed by atoms with Gasteiger partial charge in [0.25, 0.3) is 0 Å². The molecule has 0 unspecified atom stereocenters. The average Bonchev–Trinajstić information content (AvgIpc) is 2.50. The van der Waals surface area contributed by atoms with Crippen LogP contribution in [0, 0.1) is 0 Å². The fourth-order valence-corrected chi connectivity index (χ4v) is 1.38. The van der Waals surface area contributed by atoms with Crippen molar-refractivity contribution in [1.82, 2.24) is 25.4 Å². The van der Waals surface area contributed by atoms with Crippen LogP contribution in [0.2, 0.25) is 0 Å². The molecule has 0 amide bonds. The van der Waals surface area contributed by atoms with E-state index < -0.39 is 0 Å². The van der Waals surface area contributed by atoms with Crippen LogP contribution in [0.15, 0.2) is 55.1 Å². The third-order valence-corrected chi connectivity index (χ3v) is 2.24. The summed E-state index contributed by atoms with van der Waals surface area (Å²) in [6.45, 7) is 0. The molecule has 7 heteroatoms. The molecule has 3 heterocycles.